The SMILES string of the molecule is Cc1[nH]c2ccccc2c1C(=O)[C@@H](C)N1CCN(S(=O)(=O)c2ccccc2)CC1. The van der Waals surface area contributed by atoms with E-state index in [1.165, 1.54) is 4.31 Å². The number of nitrogens with one attached hydrogen (secondary N) is 1. The summed E-state index contributed by atoms with van der Waals surface area (Å²) in [6, 6.07) is 16.0. The Morgan fingerprint density at radius 1 is 0.966 bits per heavy atom. The minimum absolute atomic E-state index is 0.0688. The highest BCUT2D eigenvalue weighted by Gasteiger charge is 2.33. The molecule has 0 saturated carbocycles. The molecular weight excluding hydrogens is 386 g/mol. The van der Waals surface area contributed by atoms with Crippen LogP contribution in [-0.4, -0.2) is 60.6 Å². The Labute approximate surface area is 171 Å². The topological polar surface area (TPSA) is 73.5 Å². The smallest absolute Gasteiger partial charge is 0.243 e. The summed E-state index contributed by atoms with van der Waals surface area (Å²) < 4.78 is 27.1. The number of rotatable bonds is 5. The summed E-state index contributed by atoms with van der Waals surface area (Å²) in [6.45, 7) is 5.64. The average molecular weight is 412 g/mol. The van der Waals surface area contributed by atoms with Crippen molar-refractivity contribution in [3.63, 3.8) is 0 Å². The first kappa shape index (κ1) is 19.8. The molecule has 7 heteroatoms. The van der Waals surface area contributed by atoms with Crippen LogP contribution in [0.4, 0.5) is 0 Å². The zero-order valence-corrected chi connectivity index (χ0v) is 17.4. The number of ketones is 1. The molecule has 0 aliphatic carbocycles. The van der Waals surface area contributed by atoms with Gasteiger partial charge in [-0.25, -0.2) is 8.42 Å². The van der Waals surface area contributed by atoms with E-state index in [1.807, 2.05) is 38.1 Å². The number of aromatic amines is 1. The van der Waals surface area contributed by atoms with E-state index in [2.05, 4.69) is 9.88 Å². The zero-order valence-electron chi connectivity index (χ0n) is 16.6. The Kier molecular flexibility index (Phi) is 5.29. The molecule has 2 heterocycles. The highest BCUT2D eigenvalue weighted by Crippen LogP contribution is 2.25. The molecule has 1 aliphatic heterocycles. The molecule has 1 aliphatic rings. The number of Topliss-reactive ketones (excluding diaryl/α,β-unsaturated/α-hetero) is 1. The van der Waals surface area contributed by atoms with Crippen molar-refractivity contribution < 1.29 is 13.2 Å². The van der Waals surface area contributed by atoms with Crippen LogP contribution in [0.25, 0.3) is 10.9 Å². The van der Waals surface area contributed by atoms with Crippen LogP contribution in [-0.2, 0) is 10.0 Å². The van der Waals surface area contributed by atoms with Crippen LogP contribution in [0.3, 0.4) is 0 Å². The minimum Gasteiger partial charge on any atom is -0.358 e. The highest BCUT2D eigenvalue weighted by molar-refractivity contribution is 7.89. The van der Waals surface area contributed by atoms with E-state index in [0.717, 1.165) is 22.2 Å². The summed E-state index contributed by atoms with van der Waals surface area (Å²) in [5, 5.41) is 0.937. The van der Waals surface area contributed by atoms with Gasteiger partial charge in [0, 0.05) is 48.3 Å². The number of hydrogen-bond acceptors (Lipinski definition) is 4. The lowest BCUT2D eigenvalue weighted by molar-refractivity contribution is 0.0783. The van der Waals surface area contributed by atoms with Gasteiger partial charge in [0.1, 0.15) is 0 Å². The lowest BCUT2D eigenvalue weighted by atomic mass is 10.0. The second-order valence-corrected chi connectivity index (χ2v) is 9.40. The van der Waals surface area contributed by atoms with Crippen molar-refractivity contribution in [2.45, 2.75) is 24.8 Å². The zero-order chi connectivity index (χ0) is 20.6. The lowest BCUT2D eigenvalue weighted by Crippen LogP contribution is -2.53. The van der Waals surface area contributed by atoms with Crippen molar-refractivity contribution >= 4 is 26.7 Å². The lowest BCUT2D eigenvalue weighted by Gasteiger charge is -2.36. The van der Waals surface area contributed by atoms with Gasteiger partial charge in [0.05, 0.1) is 10.9 Å². The first-order chi connectivity index (χ1) is 13.9. The molecule has 1 fully saturated rings. The van der Waals surface area contributed by atoms with E-state index >= 15 is 0 Å². The number of hydrogen-bond donors (Lipinski definition) is 1. The van der Waals surface area contributed by atoms with Crippen LogP contribution in [0.2, 0.25) is 0 Å². The van der Waals surface area contributed by atoms with Crippen molar-refractivity contribution in [1.82, 2.24) is 14.2 Å². The van der Waals surface area contributed by atoms with Gasteiger partial charge in [-0.1, -0.05) is 36.4 Å². The maximum absolute atomic E-state index is 13.2. The van der Waals surface area contributed by atoms with Crippen molar-refractivity contribution in [1.29, 1.82) is 0 Å². The number of piperazine rings is 1. The van der Waals surface area contributed by atoms with Gasteiger partial charge in [-0.2, -0.15) is 4.31 Å². The second-order valence-electron chi connectivity index (χ2n) is 7.46. The largest absolute Gasteiger partial charge is 0.358 e. The normalized spacial score (nSPS) is 17.4. The van der Waals surface area contributed by atoms with Crippen molar-refractivity contribution in [3.8, 4) is 0 Å². The summed E-state index contributed by atoms with van der Waals surface area (Å²) in [5.41, 5.74) is 2.56. The first-order valence-corrected chi connectivity index (χ1v) is 11.2. The van der Waals surface area contributed by atoms with Gasteiger partial charge in [-0.3, -0.25) is 9.69 Å². The Morgan fingerprint density at radius 2 is 1.59 bits per heavy atom. The summed E-state index contributed by atoms with van der Waals surface area (Å²) >= 11 is 0. The standard InChI is InChI=1S/C22H25N3O3S/c1-16-21(19-10-6-7-11-20(19)23-16)22(26)17(2)24-12-14-25(15-13-24)29(27,28)18-8-4-3-5-9-18/h3-11,17,23H,12-15H2,1-2H3/t17-/m1/s1. The number of carbonyl (C=O) groups excluding carboxylic acids is 1. The van der Waals surface area contributed by atoms with Gasteiger partial charge >= 0.3 is 0 Å². The molecule has 2 aromatic carbocycles. The monoisotopic (exact) mass is 411 g/mol. The Bertz CT molecular complexity index is 1130. The number of aryl methyl sites for hydroxylation is 1. The van der Waals surface area contributed by atoms with E-state index < -0.39 is 10.0 Å². The number of nitrogens with zero attached hydrogens (tertiary/aromatic N) is 2. The summed E-state index contributed by atoms with van der Waals surface area (Å²) in [6.07, 6.45) is 0. The summed E-state index contributed by atoms with van der Waals surface area (Å²) in [5.74, 6) is 0.0688. The van der Waals surface area contributed by atoms with Crippen LogP contribution in [0.1, 0.15) is 23.0 Å². The molecule has 1 aromatic heterocycles. The highest BCUT2D eigenvalue weighted by atomic mass is 32.2. The molecule has 0 spiro atoms. The predicted octanol–water partition coefficient (Wildman–Crippen LogP) is 3.05. The van der Waals surface area contributed by atoms with Crippen LogP contribution in [0, 0.1) is 6.92 Å². The third-order valence-corrected chi connectivity index (χ3v) is 7.63. The Balaban J connectivity index is 1.48. The Hall–Kier alpha value is -2.48. The summed E-state index contributed by atoms with van der Waals surface area (Å²) in [4.78, 5) is 18.9. The molecule has 1 atom stereocenters. The van der Waals surface area contributed by atoms with Gasteiger partial charge in [0.15, 0.2) is 5.78 Å². The maximum atomic E-state index is 13.2. The number of carbonyl (C=O) groups is 1. The molecule has 3 aromatic rings. The molecule has 29 heavy (non-hydrogen) atoms. The molecule has 4 rings (SSSR count). The fourth-order valence-electron chi connectivity index (χ4n) is 4.04. The number of H-pyrrole nitrogens is 1. The maximum Gasteiger partial charge on any atom is 0.243 e. The number of sulfonamides is 1. The molecule has 0 unspecified atom stereocenters. The third kappa shape index (κ3) is 3.61. The average Bonchev–Trinajstić information content (AvgIpc) is 3.09. The molecule has 6 nitrogen and oxygen atoms in total. The van der Waals surface area contributed by atoms with E-state index in [0.29, 0.717) is 31.1 Å². The van der Waals surface area contributed by atoms with Gasteiger partial charge in [0.25, 0.3) is 0 Å². The first-order valence-electron chi connectivity index (χ1n) is 9.80. The van der Waals surface area contributed by atoms with E-state index in [-0.39, 0.29) is 11.8 Å². The molecule has 0 radical (unpaired) electrons. The van der Waals surface area contributed by atoms with Crippen LogP contribution < -0.4 is 0 Å². The molecule has 152 valence electrons. The van der Waals surface area contributed by atoms with Crippen molar-refractivity contribution in [2.75, 3.05) is 26.2 Å². The van der Waals surface area contributed by atoms with Crippen LogP contribution in [0.5, 0.6) is 0 Å². The van der Waals surface area contributed by atoms with Crippen molar-refractivity contribution in [3.05, 3.63) is 65.9 Å². The van der Waals surface area contributed by atoms with E-state index in [4.69, 9.17) is 0 Å². The van der Waals surface area contributed by atoms with Gasteiger partial charge < -0.3 is 4.98 Å². The number of fused-ring (bicyclic) bond motifs is 1. The van der Waals surface area contributed by atoms with Crippen molar-refractivity contribution in [2.24, 2.45) is 0 Å². The Morgan fingerprint density at radius 3 is 2.28 bits per heavy atom. The second kappa shape index (κ2) is 7.74. The van der Waals surface area contributed by atoms with Gasteiger partial charge in [-0.05, 0) is 32.0 Å². The molecular formula is C22H25N3O3S. The van der Waals surface area contributed by atoms with Gasteiger partial charge in [-0.15, -0.1) is 0 Å². The fourth-order valence-corrected chi connectivity index (χ4v) is 5.48. The predicted molar refractivity (Wildman–Crippen MR) is 114 cm³/mol. The molecule has 0 bridgehead atoms. The van der Waals surface area contributed by atoms with E-state index in [1.54, 1.807) is 30.3 Å². The minimum atomic E-state index is -3.49. The van der Waals surface area contributed by atoms with Gasteiger partial charge in [0.2, 0.25) is 10.0 Å². The number of benzene rings is 2. The van der Waals surface area contributed by atoms with Crippen LogP contribution >= 0.6 is 0 Å². The summed E-state index contributed by atoms with van der Waals surface area (Å²) in [7, 11) is -3.49. The molecule has 1 saturated heterocycles. The van der Waals surface area contributed by atoms with E-state index in [9.17, 15) is 13.2 Å². The number of aromatic nitrogens is 1. The molecule has 0 amide bonds. The molecule has 1 N–H and O–H groups in total. The quantitative estimate of drug-likeness (QED) is 0.655. The fraction of sp³-hybridized carbons (Fsp3) is 0.318. The van der Waals surface area contributed by atoms with Crippen LogP contribution in [0.15, 0.2) is 59.5 Å². The third-order valence-electron chi connectivity index (χ3n) is 5.72. The number of para-hydroxylation sites is 1.